The molecule has 3 unspecified atom stereocenters. The minimum absolute atomic E-state index is 0.0104. The number of aliphatic hydroxyl groups excluding tert-OH is 1. The van der Waals surface area contributed by atoms with Gasteiger partial charge >= 0.3 is 0 Å². The Morgan fingerprint density at radius 3 is 2.78 bits per heavy atom. The van der Waals surface area contributed by atoms with Crippen LogP contribution in [0.5, 0.6) is 5.75 Å². The Morgan fingerprint density at radius 1 is 1.35 bits per heavy atom. The number of aliphatic hydroxyl groups is 1. The van der Waals surface area contributed by atoms with Crippen molar-refractivity contribution in [3.8, 4) is 5.75 Å². The summed E-state index contributed by atoms with van der Waals surface area (Å²) in [5.74, 6) is 1.43. The quantitative estimate of drug-likeness (QED) is 0.729. The van der Waals surface area contributed by atoms with Crippen LogP contribution >= 0.6 is 0 Å². The number of amides is 1. The van der Waals surface area contributed by atoms with E-state index in [1.807, 2.05) is 24.3 Å². The van der Waals surface area contributed by atoms with Gasteiger partial charge in [-0.25, -0.2) is 0 Å². The average molecular weight is 321 g/mol. The lowest BCUT2D eigenvalue weighted by molar-refractivity contribution is -0.123. The minimum atomic E-state index is -0.666. The fourth-order valence-corrected chi connectivity index (χ4v) is 2.65. The van der Waals surface area contributed by atoms with Gasteiger partial charge in [0.25, 0.3) is 0 Å². The van der Waals surface area contributed by atoms with Gasteiger partial charge in [-0.3, -0.25) is 4.79 Å². The maximum atomic E-state index is 12.2. The number of ether oxygens (including phenoxy) is 2. The highest BCUT2D eigenvalue weighted by Gasteiger charge is 2.45. The molecule has 0 bridgehead atoms. The highest BCUT2D eigenvalue weighted by molar-refractivity contribution is 5.83. The highest BCUT2D eigenvalue weighted by atomic mass is 16.5. The third kappa shape index (κ3) is 5.22. The van der Waals surface area contributed by atoms with Crippen molar-refractivity contribution in [2.45, 2.75) is 32.3 Å². The molecule has 1 aromatic rings. The van der Waals surface area contributed by atoms with Crippen LogP contribution in [-0.4, -0.2) is 44.0 Å². The normalized spacial score (nSPS) is 21.1. The monoisotopic (exact) mass is 321 g/mol. The zero-order valence-electron chi connectivity index (χ0n) is 14.1. The Morgan fingerprint density at radius 2 is 2.09 bits per heavy atom. The predicted octanol–water partition coefficient (Wildman–Crippen LogP) is 1.95. The third-order valence-corrected chi connectivity index (χ3v) is 3.94. The van der Waals surface area contributed by atoms with Crippen LogP contribution in [0.2, 0.25) is 0 Å². The Bertz CT molecular complexity index is 517. The molecular formula is C18H27NO4. The Hall–Kier alpha value is -1.59. The predicted molar refractivity (Wildman–Crippen MR) is 88.5 cm³/mol. The fourth-order valence-electron chi connectivity index (χ4n) is 2.65. The molecule has 0 aromatic heterocycles. The van der Waals surface area contributed by atoms with Crippen molar-refractivity contribution in [1.82, 2.24) is 5.32 Å². The molecule has 1 saturated carbocycles. The van der Waals surface area contributed by atoms with Gasteiger partial charge in [0.2, 0.25) is 5.91 Å². The zero-order valence-corrected chi connectivity index (χ0v) is 14.1. The molecule has 0 spiro atoms. The maximum Gasteiger partial charge on any atom is 0.223 e. The molecule has 0 aliphatic heterocycles. The van der Waals surface area contributed by atoms with Gasteiger partial charge in [0.05, 0.1) is 19.8 Å². The summed E-state index contributed by atoms with van der Waals surface area (Å²) in [7, 11) is 1.64. The molecule has 1 aliphatic rings. The number of hydrogen-bond acceptors (Lipinski definition) is 4. The first-order valence-electron chi connectivity index (χ1n) is 8.19. The van der Waals surface area contributed by atoms with Crippen molar-refractivity contribution in [3.05, 3.63) is 29.8 Å². The van der Waals surface area contributed by atoms with Crippen LogP contribution in [0.15, 0.2) is 24.3 Å². The van der Waals surface area contributed by atoms with E-state index < -0.39 is 6.10 Å². The molecule has 1 aliphatic carbocycles. The first-order valence-corrected chi connectivity index (χ1v) is 8.19. The number of methoxy groups -OCH3 is 1. The molecule has 23 heavy (non-hydrogen) atoms. The molecule has 128 valence electrons. The van der Waals surface area contributed by atoms with Crippen molar-refractivity contribution >= 4 is 5.91 Å². The summed E-state index contributed by atoms with van der Waals surface area (Å²) in [6.45, 7) is 5.20. The second kappa shape index (κ2) is 8.31. The molecule has 5 heteroatoms. The Balaban J connectivity index is 1.73. The van der Waals surface area contributed by atoms with Crippen molar-refractivity contribution in [3.63, 3.8) is 0 Å². The topological polar surface area (TPSA) is 67.8 Å². The number of nitrogens with one attached hydrogen (secondary N) is 1. The summed E-state index contributed by atoms with van der Waals surface area (Å²) in [5, 5.41) is 12.6. The number of para-hydroxylation sites is 1. The van der Waals surface area contributed by atoms with Gasteiger partial charge in [-0.1, -0.05) is 32.0 Å². The summed E-state index contributed by atoms with van der Waals surface area (Å²) >= 11 is 0. The summed E-state index contributed by atoms with van der Waals surface area (Å²) in [4.78, 5) is 12.2. The lowest BCUT2D eigenvalue weighted by Gasteiger charge is -2.13. The van der Waals surface area contributed by atoms with Crippen LogP contribution in [0.3, 0.4) is 0 Å². The van der Waals surface area contributed by atoms with Crippen LogP contribution in [0.25, 0.3) is 0 Å². The van der Waals surface area contributed by atoms with Crippen molar-refractivity contribution < 1.29 is 19.4 Å². The second-order valence-electron chi connectivity index (χ2n) is 6.52. The molecule has 0 radical (unpaired) electrons. The molecule has 1 aromatic carbocycles. The molecule has 1 fully saturated rings. The SMILES string of the molecule is COc1ccccc1C1CC1C(=O)NCC(O)COCC(C)C. The number of benzene rings is 1. The van der Waals surface area contributed by atoms with Crippen LogP contribution in [-0.2, 0) is 9.53 Å². The lowest BCUT2D eigenvalue weighted by Crippen LogP contribution is -2.35. The van der Waals surface area contributed by atoms with E-state index in [1.165, 1.54) is 0 Å². The van der Waals surface area contributed by atoms with Crippen molar-refractivity contribution in [2.24, 2.45) is 11.8 Å². The van der Waals surface area contributed by atoms with Gasteiger partial charge in [-0.15, -0.1) is 0 Å². The summed E-state index contributed by atoms with van der Waals surface area (Å²) in [6.07, 6.45) is 0.160. The number of carbonyl (C=O) groups is 1. The van der Waals surface area contributed by atoms with E-state index in [1.54, 1.807) is 7.11 Å². The van der Waals surface area contributed by atoms with Crippen LogP contribution in [0, 0.1) is 11.8 Å². The van der Waals surface area contributed by atoms with E-state index in [-0.39, 0.29) is 30.9 Å². The fraction of sp³-hybridized carbons (Fsp3) is 0.611. The minimum Gasteiger partial charge on any atom is -0.496 e. The van der Waals surface area contributed by atoms with Gasteiger partial charge in [0, 0.05) is 19.1 Å². The number of rotatable bonds is 9. The van der Waals surface area contributed by atoms with Gasteiger partial charge < -0.3 is 19.9 Å². The van der Waals surface area contributed by atoms with Crippen molar-refractivity contribution in [2.75, 3.05) is 26.9 Å². The number of carbonyl (C=O) groups excluding carboxylic acids is 1. The zero-order chi connectivity index (χ0) is 16.8. The molecule has 1 amide bonds. The Kier molecular flexibility index (Phi) is 6.42. The molecule has 0 saturated heterocycles. The highest BCUT2D eigenvalue weighted by Crippen LogP contribution is 2.50. The van der Waals surface area contributed by atoms with Gasteiger partial charge in [-0.2, -0.15) is 0 Å². The van der Waals surface area contributed by atoms with Gasteiger partial charge in [0.1, 0.15) is 5.75 Å². The van der Waals surface area contributed by atoms with E-state index >= 15 is 0 Å². The molecule has 5 nitrogen and oxygen atoms in total. The van der Waals surface area contributed by atoms with E-state index in [2.05, 4.69) is 19.2 Å². The first kappa shape index (κ1) is 17.8. The first-order chi connectivity index (χ1) is 11.0. The van der Waals surface area contributed by atoms with Crippen LogP contribution < -0.4 is 10.1 Å². The second-order valence-corrected chi connectivity index (χ2v) is 6.52. The lowest BCUT2D eigenvalue weighted by atomic mass is 10.1. The maximum absolute atomic E-state index is 12.2. The summed E-state index contributed by atoms with van der Waals surface area (Å²) in [5.41, 5.74) is 1.08. The molecule has 2 N–H and O–H groups in total. The summed E-state index contributed by atoms with van der Waals surface area (Å²) in [6, 6.07) is 7.80. The van der Waals surface area contributed by atoms with Gasteiger partial charge in [0.15, 0.2) is 0 Å². The molecule has 2 rings (SSSR count). The molecule has 3 atom stereocenters. The van der Waals surface area contributed by atoms with E-state index in [4.69, 9.17) is 9.47 Å². The molecule has 0 heterocycles. The largest absolute Gasteiger partial charge is 0.496 e. The summed E-state index contributed by atoms with van der Waals surface area (Å²) < 4.78 is 10.7. The van der Waals surface area contributed by atoms with Crippen LogP contribution in [0.4, 0.5) is 0 Å². The Labute approximate surface area is 138 Å². The van der Waals surface area contributed by atoms with E-state index in [9.17, 15) is 9.90 Å². The molecular weight excluding hydrogens is 294 g/mol. The smallest absolute Gasteiger partial charge is 0.223 e. The van der Waals surface area contributed by atoms with E-state index in [0.717, 1.165) is 17.7 Å². The number of hydrogen-bond donors (Lipinski definition) is 2. The average Bonchev–Trinajstić information content (AvgIpc) is 3.32. The third-order valence-electron chi connectivity index (χ3n) is 3.94. The van der Waals surface area contributed by atoms with E-state index in [0.29, 0.717) is 12.5 Å². The van der Waals surface area contributed by atoms with Crippen LogP contribution in [0.1, 0.15) is 31.7 Å². The standard InChI is InChI=1S/C18H27NO4/c1-12(2)10-23-11-13(20)9-19-18(21)16-8-15(16)14-6-4-5-7-17(14)22-3/h4-7,12-13,15-16,20H,8-11H2,1-3H3,(H,19,21). The van der Waals surface area contributed by atoms with Crippen molar-refractivity contribution in [1.29, 1.82) is 0 Å². The van der Waals surface area contributed by atoms with Gasteiger partial charge in [-0.05, 0) is 29.9 Å².